The van der Waals surface area contributed by atoms with E-state index >= 15 is 0 Å². The van der Waals surface area contributed by atoms with Crippen molar-refractivity contribution in [2.24, 2.45) is 5.41 Å². The van der Waals surface area contributed by atoms with Crippen molar-refractivity contribution in [2.45, 2.75) is 52.0 Å². The second-order valence-electron chi connectivity index (χ2n) is 12.9. The topological polar surface area (TPSA) is 107 Å². The van der Waals surface area contributed by atoms with Crippen molar-refractivity contribution in [1.29, 1.82) is 0 Å². The van der Waals surface area contributed by atoms with Gasteiger partial charge in [0.05, 0.1) is 23.6 Å². The molecule has 1 saturated heterocycles. The van der Waals surface area contributed by atoms with Crippen molar-refractivity contribution in [3.63, 3.8) is 0 Å². The SMILES string of the molecule is COc1cc2nccc(Oc3ccc(CC(=O)C4(C(=O)Cc5ccc(C)cc5)CC4)cc3)c2cc1OC(=O)N1CCNCC1(C)C. The van der Waals surface area contributed by atoms with E-state index < -0.39 is 17.0 Å². The van der Waals surface area contributed by atoms with Crippen LogP contribution >= 0.6 is 0 Å². The number of aromatic nitrogens is 1. The number of hydrogen-bond donors (Lipinski definition) is 1. The van der Waals surface area contributed by atoms with Crippen molar-refractivity contribution >= 4 is 28.6 Å². The summed E-state index contributed by atoms with van der Waals surface area (Å²) in [4.78, 5) is 45.8. The molecule has 3 aromatic carbocycles. The van der Waals surface area contributed by atoms with Gasteiger partial charge in [-0.15, -0.1) is 0 Å². The molecule has 9 nitrogen and oxygen atoms in total. The van der Waals surface area contributed by atoms with Gasteiger partial charge in [0.1, 0.15) is 11.5 Å². The summed E-state index contributed by atoms with van der Waals surface area (Å²) < 4.78 is 17.6. The summed E-state index contributed by atoms with van der Waals surface area (Å²) in [7, 11) is 1.52. The summed E-state index contributed by atoms with van der Waals surface area (Å²) in [5, 5.41) is 3.95. The molecule has 4 aromatic rings. The molecule has 1 aliphatic carbocycles. The summed E-state index contributed by atoms with van der Waals surface area (Å²) in [5.74, 6) is 1.72. The maximum Gasteiger partial charge on any atom is 0.415 e. The van der Waals surface area contributed by atoms with Crippen LogP contribution in [0.5, 0.6) is 23.0 Å². The highest BCUT2D eigenvalue weighted by Crippen LogP contribution is 2.49. The first-order valence-electron chi connectivity index (χ1n) is 15.6. The zero-order valence-electron chi connectivity index (χ0n) is 26.7. The number of ether oxygens (including phenoxy) is 3. The predicted molar refractivity (Wildman–Crippen MR) is 175 cm³/mol. The molecule has 1 aliphatic heterocycles. The minimum absolute atomic E-state index is 0.00389. The molecule has 0 unspecified atom stereocenters. The number of methoxy groups -OCH3 is 1. The summed E-state index contributed by atoms with van der Waals surface area (Å²) in [6, 6.07) is 20.4. The molecular formula is C37H39N3O6. The van der Waals surface area contributed by atoms with Crippen LogP contribution in [0.4, 0.5) is 4.79 Å². The number of carbonyl (C=O) groups excluding carboxylic acids is 3. The van der Waals surface area contributed by atoms with Gasteiger partial charge in [0, 0.05) is 50.1 Å². The number of amides is 1. The molecule has 2 fully saturated rings. The van der Waals surface area contributed by atoms with Crippen LogP contribution in [0.1, 0.15) is 43.4 Å². The van der Waals surface area contributed by atoms with Crippen molar-refractivity contribution in [3.8, 4) is 23.0 Å². The van der Waals surface area contributed by atoms with E-state index in [-0.39, 0.29) is 30.2 Å². The van der Waals surface area contributed by atoms with E-state index in [0.717, 1.165) is 16.7 Å². The van der Waals surface area contributed by atoms with Crippen molar-refractivity contribution < 1.29 is 28.6 Å². The molecule has 9 heteroatoms. The van der Waals surface area contributed by atoms with Gasteiger partial charge in [0.2, 0.25) is 0 Å². The first-order valence-corrected chi connectivity index (χ1v) is 15.6. The zero-order valence-corrected chi connectivity index (χ0v) is 26.7. The van der Waals surface area contributed by atoms with Gasteiger partial charge in [-0.25, -0.2) is 4.79 Å². The zero-order chi connectivity index (χ0) is 32.5. The third-order valence-electron chi connectivity index (χ3n) is 9.02. The molecule has 2 heterocycles. The predicted octanol–water partition coefficient (Wildman–Crippen LogP) is 6.23. The van der Waals surface area contributed by atoms with E-state index in [4.69, 9.17) is 14.2 Å². The number of Topliss-reactive ketones (excluding diaryl/α,β-unsaturated/α-hetero) is 2. The largest absolute Gasteiger partial charge is 0.493 e. The van der Waals surface area contributed by atoms with Gasteiger partial charge < -0.3 is 24.4 Å². The van der Waals surface area contributed by atoms with Gasteiger partial charge in [-0.2, -0.15) is 0 Å². The Kier molecular flexibility index (Phi) is 8.53. The van der Waals surface area contributed by atoms with Crippen LogP contribution in [0.3, 0.4) is 0 Å². The average molecular weight is 622 g/mol. The monoisotopic (exact) mass is 621 g/mol. The second-order valence-corrected chi connectivity index (χ2v) is 12.9. The summed E-state index contributed by atoms with van der Waals surface area (Å²) in [6.45, 7) is 7.88. The van der Waals surface area contributed by atoms with Gasteiger partial charge in [-0.1, -0.05) is 42.0 Å². The van der Waals surface area contributed by atoms with Gasteiger partial charge in [-0.05, 0) is 69.0 Å². The molecule has 0 bridgehead atoms. The van der Waals surface area contributed by atoms with Gasteiger partial charge in [0.25, 0.3) is 0 Å². The van der Waals surface area contributed by atoms with E-state index in [9.17, 15) is 14.4 Å². The van der Waals surface area contributed by atoms with Crippen molar-refractivity contribution in [2.75, 3.05) is 26.7 Å². The van der Waals surface area contributed by atoms with Crippen LogP contribution in [-0.2, 0) is 22.4 Å². The number of hydrogen-bond acceptors (Lipinski definition) is 8. The number of aryl methyl sites for hydroxylation is 1. The number of piperazine rings is 1. The van der Waals surface area contributed by atoms with Gasteiger partial charge in [0.15, 0.2) is 23.1 Å². The fraction of sp³-hybridized carbons (Fsp3) is 0.351. The van der Waals surface area contributed by atoms with E-state index in [0.29, 0.717) is 60.6 Å². The molecule has 0 atom stereocenters. The third-order valence-corrected chi connectivity index (χ3v) is 9.02. The number of carbonyl (C=O) groups is 3. The molecular weight excluding hydrogens is 582 g/mol. The van der Waals surface area contributed by atoms with E-state index in [1.807, 2.05) is 57.2 Å². The average Bonchev–Trinajstić information content (AvgIpc) is 3.85. The maximum atomic E-state index is 13.3. The Morgan fingerprint density at radius 2 is 1.52 bits per heavy atom. The number of benzene rings is 3. The fourth-order valence-corrected chi connectivity index (χ4v) is 5.98. The number of pyridine rings is 1. The Bertz CT molecular complexity index is 1780. The molecule has 238 valence electrons. The highest BCUT2D eigenvalue weighted by Gasteiger charge is 2.54. The van der Waals surface area contributed by atoms with Crippen LogP contribution in [0.25, 0.3) is 10.9 Å². The number of nitrogens with zero attached hydrogens (tertiary/aromatic N) is 2. The molecule has 1 aromatic heterocycles. The number of ketones is 2. The summed E-state index contributed by atoms with van der Waals surface area (Å²) >= 11 is 0. The lowest BCUT2D eigenvalue weighted by Gasteiger charge is -2.41. The van der Waals surface area contributed by atoms with E-state index in [2.05, 4.69) is 10.3 Å². The number of nitrogens with one attached hydrogen (secondary N) is 1. The van der Waals surface area contributed by atoms with E-state index in [1.165, 1.54) is 7.11 Å². The normalized spacial score (nSPS) is 16.5. The Hall–Kier alpha value is -4.76. The van der Waals surface area contributed by atoms with Crippen LogP contribution in [0.15, 0.2) is 72.9 Å². The summed E-state index contributed by atoms with van der Waals surface area (Å²) in [6.07, 6.45) is 2.88. The maximum absolute atomic E-state index is 13.3. The lowest BCUT2D eigenvalue weighted by Crippen LogP contribution is -2.60. The lowest BCUT2D eigenvalue weighted by atomic mass is 9.88. The molecule has 1 N–H and O–H groups in total. The Labute approximate surface area is 268 Å². The smallest absolute Gasteiger partial charge is 0.415 e. The molecule has 46 heavy (non-hydrogen) atoms. The molecule has 2 aliphatic rings. The number of rotatable bonds is 10. The van der Waals surface area contributed by atoms with Crippen LogP contribution in [0, 0.1) is 12.3 Å². The number of fused-ring (bicyclic) bond motifs is 1. The Morgan fingerprint density at radius 1 is 0.870 bits per heavy atom. The van der Waals surface area contributed by atoms with Crippen LogP contribution in [-0.4, -0.2) is 59.8 Å². The van der Waals surface area contributed by atoms with Crippen molar-refractivity contribution in [1.82, 2.24) is 15.2 Å². The molecule has 1 amide bonds. The lowest BCUT2D eigenvalue weighted by molar-refractivity contribution is -0.133. The minimum Gasteiger partial charge on any atom is -0.493 e. The first kappa shape index (κ1) is 31.2. The van der Waals surface area contributed by atoms with Crippen LogP contribution in [0.2, 0.25) is 0 Å². The Morgan fingerprint density at radius 3 is 2.13 bits per heavy atom. The second kappa shape index (κ2) is 12.6. The third kappa shape index (κ3) is 6.46. The van der Waals surface area contributed by atoms with Gasteiger partial charge in [-0.3, -0.25) is 14.6 Å². The van der Waals surface area contributed by atoms with E-state index in [1.54, 1.807) is 41.4 Å². The van der Waals surface area contributed by atoms with Gasteiger partial charge >= 0.3 is 6.09 Å². The highest BCUT2D eigenvalue weighted by atomic mass is 16.6. The molecule has 1 saturated carbocycles. The highest BCUT2D eigenvalue weighted by molar-refractivity contribution is 6.11. The molecule has 0 radical (unpaired) electrons. The standard InChI is InChI=1S/C37H39N3O6/c1-24-5-7-25(8-6-24)19-33(41)37(14-15-37)34(42)20-26-9-11-27(12-10-26)45-30-13-16-39-29-22-31(44-4)32(21-28(29)30)46-35(43)40-18-17-38-23-36(40,2)3/h5-13,16,21-22,38H,14-15,17-20,23H2,1-4H3. The Balaban J connectivity index is 1.15. The minimum atomic E-state index is -0.862. The first-order chi connectivity index (χ1) is 22.1. The molecule has 0 spiro atoms. The van der Waals surface area contributed by atoms with Crippen LogP contribution < -0.4 is 19.5 Å². The molecule has 6 rings (SSSR count). The quantitative estimate of drug-likeness (QED) is 0.208. The fourth-order valence-electron chi connectivity index (χ4n) is 5.98. The van der Waals surface area contributed by atoms with Crippen molar-refractivity contribution in [3.05, 3.63) is 89.6 Å². The summed E-state index contributed by atoms with van der Waals surface area (Å²) in [5.41, 5.74) is 2.25.